The number of carbonyl (C=O) groups is 3. The van der Waals surface area contributed by atoms with E-state index in [1.165, 1.54) is 14.2 Å². The normalized spacial score (nSPS) is 14.4. The second kappa shape index (κ2) is 9.79. The summed E-state index contributed by atoms with van der Waals surface area (Å²) in [5, 5.41) is 2.59. The third-order valence-corrected chi connectivity index (χ3v) is 4.46. The van der Waals surface area contributed by atoms with Gasteiger partial charge in [0.25, 0.3) is 0 Å². The summed E-state index contributed by atoms with van der Waals surface area (Å²) >= 11 is 0. The Morgan fingerprint density at radius 3 is 2.46 bits per heavy atom. The Morgan fingerprint density at radius 1 is 1.08 bits per heavy atom. The van der Waals surface area contributed by atoms with Crippen molar-refractivity contribution in [1.29, 1.82) is 0 Å². The van der Waals surface area contributed by atoms with E-state index in [2.05, 4.69) is 5.32 Å². The van der Waals surface area contributed by atoms with Crippen LogP contribution in [-0.4, -0.2) is 45.0 Å². The standard InChI is InChI=1S/C19H25NO6/c1-24-14-8-9-15(17(10-14)25-2)16(21)12-26-18(22)11-20-19(23)13-6-4-3-5-7-13/h8-10,13H,3-7,11-12H2,1-2H3,(H,20,23). The zero-order valence-corrected chi connectivity index (χ0v) is 15.2. The molecule has 1 amide bonds. The van der Waals surface area contributed by atoms with Crippen LogP contribution in [0.2, 0.25) is 0 Å². The fourth-order valence-corrected chi connectivity index (χ4v) is 2.97. The molecule has 1 aliphatic rings. The smallest absolute Gasteiger partial charge is 0.325 e. The molecule has 1 fully saturated rings. The fraction of sp³-hybridized carbons (Fsp3) is 0.526. The van der Waals surface area contributed by atoms with Crippen molar-refractivity contribution in [3.63, 3.8) is 0 Å². The number of nitrogens with one attached hydrogen (secondary N) is 1. The van der Waals surface area contributed by atoms with Gasteiger partial charge in [-0.05, 0) is 25.0 Å². The number of rotatable bonds is 8. The predicted molar refractivity (Wildman–Crippen MR) is 94.4 cm³/mol. The summed E-state index contributed by atoms with van der Waals surface area (Å²) in [5.41, 5.74) is 0.298. The van der Waals surface area contributed by atoms with Crippen molar-refractivity contribution in [1.82, 2.24) is 5.32 Å². The molecule has 142 valence electrons. The summed E-state index contributed by atoms with van der Waals surface area (Å²) < 4.78 is 15.2. The Labute approximate surface area is 153 Å². The lowest BCUT2D eigenvalue weighted by Gasteiger charge is -2.20. The van der Waals surface area contributed by atoms with Gasteiger partial charge in [0.05, 0.1) is 19.8 Å². The molecule has 7 heteroatoms. The maximum Gasteiger partial charge on any atom is 0.325 e. The number of hydrogen-bond acceptors (Lipinski definition) is 6. The van der Waals surface area contributed by atoms with Crippen LogP contribution in [-0.2, 0) is 14.3 Å². The SMILES string of the molecule is COc1ccc(C(=O)COC(=O)CNC(=O)C2CCCCC2)c(OC)c1. The molecule has 1 N–H and O–H groups in total. The molecule has 0 radical (unpaired) electrons. The Kier molecular flexibility index (Phi) is 7.44. The molecule has 7 nitrogen and oxygen atoms in total. The Bertz CT molecular complexity index is 651. The average molecular weight is 363 g/mol. The number of amides is 1. The molecule has 1 aromatic carbocycles. The van der Waals surface area contributed by atoms with E-state index in [0.29, 0.717) is 17.1 Å². The molecule has 0 bridgehead atoms. The third kappa shape index (κ3) is 5.47. The summed E-state index contributed by atoms with van der Waals surface area (Å²) in [5.74, 6) is -0.283. The van der Waals surface area contributed by atoms with Gasteiger partial charge in [0.15, 0.2) is 6.61 Å². The third-order valence-electron chi connectivity index (χ3n) is 4.46. The van der Waals surface area contributed by atoms with E-state index in [1.807, 2.05) is 0 Å². The number of methoxy groups -OCH3 is 2. The summed E-state index contributed by atoms with van der Waals surface area (Å²) in [6.07, 6.45) is 4.96. The van der Waals surface area contributed by atoms with Gasteiger partial charge in [-0.2, -0.15) is 0 Å². The Morgan fingerprint density at radius 2 is 1.81 bits per heavy atom. The molecule has 0 unspecified atom stereocenters. The van der Waals surface area contributed by atoms with Crippen molar-refractivity contribution in [2.75, 3.05) is 27.4 Å². The second-order valence-electron chi connectivity index (χ2n) is 6.20. The van der Waals surface area contributed by atoms with E-state index in [1.54, 1.807) is 18.2 Å². The van der Waals surface area contributed by atoms with E-state index in [-0.39, 0.29) is 18.4 Å². The van der Waals surface area contributed by atoms with Crippen LogP contribution in [0.1, 0.15) is 42.5 Å². The van der Waals surface area contributed by atoms with Gasteiger partial charge in [-0.25, -0.2) is 0 Å². The summed E-state index contributed by atoms with van der Waals surface area (Å²) in [6, 6.07) is 4.76. The number of carbonyl (C=O) groups excluding carboxylic acids is 3. The van der Waals surface area contributed by atoms with E-state index >= 15 is 0 Å². The topological polar surface area (TPSA) is 90.9 Å². The van der Waals surface area contributed by atoms with Crippen LogP contribution >= 0.6 is 0 Å². The molecular weight excluding hydrogens is 338 g/mol. The summed E-state index contributed by atoms with van der Waals surface area (Å²) in [4.78, 5) is 36.0. The van der Waals surface area contributed by atoms with Crippen LogP contribution < -0.4 is 14.8 Å². The largest absolute Gasteiger partial charge is 0.497 e. The van der Waals surface area contributed by atoms with Crippen molar-refractivity contribution in [2.45, 2.75) is 32.1 Å². The van der Waals surface area contributed by atoms with Crippen LogP contribution in [0.15, 0.2) is 18.2 Å². The van der Waals surface area contributed by atoms with Crippen molar-refractivity contribution in [3.8, 4) is 11.5 Å². The first-order valence-electron chi connectivity index (χ1n) is 8.73. The van der Waals surface area contributed by atoms with Gasteiger partial charge in [-0.3, -0.25) is 14.4 Å². The molecule has 1 saturated carbocycles. The first-order chi connectivity index (χ1) is 12.5. The van der Waals surface area contributed by atoms with Crippen molar-refractivity contribution < 1.29 is 28.6 Å². The minimum atomic E-state index is -0.644. The van der Waals surface area contributed by atoms with E-state index in [9.17, 15) is 14.4 Å². The predicted octanol–water partition coefficient (Wildman–Crippen LogP) is 2.13. The van der Waals surface area contributed by atoms with E-state index in [0.717, 1.165) is 32.1 Å². The maximum atomic E-state index is 12.2. The molecule has 1 aliphatic carbocycles. The van der Waals surface area contributed by atoms with Gasteiger partial charge >= 0.3 is 5.97 Å². The van der Waals surface area contributed by atoms with Crippen LogP contribution in [0, 0.1) is 5.92 Å². The van der Waals surface area contributed by atoms with Gasteiger partial charge in [0.1, 0.15) is 18.0 Å². The minimum absolute atomic E-state index is 0.0262. The first kappa shape index (κ1) is 19.8. The van der Waals surface area contributed by atoms with Crippen LogP contribution in [0.4, 0.5) is 0 Å². The molecule has 0 atom stereocenters. The fourth-order valence-electron chi connectivity index (χ4n) is 2.97. The molecule has 26 heavy (non-hydrogen) atoms. The highest BCUT2D eigenvalue weighted by Crippen LogP contribution is 2.25. The number of esters is 1. The lowest BCUT2D eigenvalue weighted by atomic mass is 9.89. The number of benzene rings is 1. The van der Waals surface area contributed by atoms with Crippen LogP contribution in [0.5, 0.6) is 11.5 Å². The van der Waals surface area contributed by atoms with Crippen LogP contribution in [0.3, 0.4) is 0 Å². The minimum Gasteiger partial charge on any atom is -0.497 e. The Balaban J connectivity index is 1.79. The highest BCUT2D eigenvalue weighted by atomic mass is 16.5. The lowest BCUT2D eigenvalue weighted by Crippen LogP contribution is -2.36. The maximum absolute atomic E-state index is 12.2. The van der Waals surface area contributed by atoms with Gasteiger partial charge < -0.3 is 19.5 Å². The molecule has 0 saturated heterocycles. The zero-order valence-electron chi connectivity index (χ0n) is 15.2. The van der Waals surface area contributed by atoms with Gasteiger partial charge in [-0.15, -0.1) is 0 Å². The molecule has 0 heterocycles. The van der Waals surface area contributed by atoms with Crippen molar-refractivity contribution in [2.24, 2.45) is 5.92 Å². The quantitative estimate of drug-likeness (QED) is 0.562. The van der Waals surface area contributed by atoms with Gasteiger partial charge in [-0.1, -0.05) is 19.3 Å². The molecule has 1 aromatic rings. The van der Waals surface area contributed by atoms with Gasteiger partial charge in [0.2, 0.25) is 11.7 Å². The summed E-state index contributed by atoms with van der Waals surface area (Å²) in [7, 11) is 2.96. The summed E-state index contributed by atoms with van der Waals surface area (Å²) in [6.45, 7) is -0.650. The van der Waals surface area contributed by atoms with Crippen molar-refractivity contribution in [3.05, 3.63) is 23.8 Å². The molecule has 0 spiro atoms. The first-order valence-corrected chi connectivity index (χ1v) is 8.73. The number of ether oxygens (including phenoxy) is 3. The highest BCUT2D eigenvalue weighted by Gasteiger charge is 2.22. The highest BCUT2D eigenvalue weighted by molar-refractivity contribution is 6.00. The van der Waals surface area contributed by atoms with E-state index < -0.39 is 18.4 Å². The number of Topliss-reactive ketones (excluding diaryl/α,β-unsaturated/α-hetero) is 1. The molecule has 2 rings (SSSR count). The lowest BCUT2D eigenvalue weighted by molar-refractivity contribution is -0.143. The molecule has 0 aromatic heterocycles. The number of hydrogen-bond donors (Lipinski definition) is 1. The molecular formula is C19H25NO6. The second-order valence-corrected chi connectivity index (χ2v) is 6.20. The number of ketones is 1. The Hall–Kier alpha value is -2.57. The van der Waals surface area contributed by atoms with Crippen LogP contribution in [0.25, 0.3) is 0 Å². The van der Waals surface area contributed by atoms with E-state index in [4.69, 9.17) is 14.2 Å². The average Bonchev–Trinajstić information content (AvgIpc) is 2.70. The zero-order chi connectivity index (χ0) is 18.9. The van der Waals surface area contributed by atoms with Gasteiger partial charge in [0, 0.05) is 12.0 Å². The van der Waals surface area contributed by atoms with Crippen molar-refractivity contribution >= 4 is 17.7 Å². The monoisotopic (exact) mass is 363 g/mol. The molecule has 0 aliphatic heterocycles.